The number of nitrogens with zero attached hydrogens (tertiary/aromatic N) is 1. The lowest BCUT2D eigenvalue weighted by molar-refractivity contribution is -0.130. The molecule has 1 N–H and O–H groups in total. The van der Waals surface area contributed by atoms with Gasteiger partial charge in [0.1, 0.15) is 0 Å². The molecule has 0 unspecified atom stereocenters. The number of hydrogen-bond acceptors (Lipinski definition) is 4. The van der Waals surface area contributed by atoms with E-state index in [0.29, 0.717) is 30.4 Å². The van der Waals surface area contributed by atoms with E-state index in [9.17, 15) is 14.4 Å². The van der Waals surface area contributed by atoms with Gasteiger partial charge in [0.15, 0.2) is 6.10 Å². The molecule has 0 spiro atoms. The molecule has 1 aromatic carbocycles. The van der Waals surface area contributed by atoms with Gasteiger partial charge in [0, 0.05) is 24.7 Å². The van der Waals surface area contributed by atoms with Crippen LogP contribution in [0, 0.1) is 11.8 Å². The Morgan fingerprint density at radius 2 is 1.86 bits per heavy atom. The maximum absolute atomic E-state index is 12.5. The highest BCUT2D eigenvalue weighted by Gasteiger charge is 2.30. The van der Waals surface area contributed by atoms with Crippen LogP contribution in [0.1, 0.15) is 63.2 Å². The van der Waals surface area contributed by atoms with Crippen LogP contribution < -0.4 is 10.2 Å². The summed E-state index contributed by atoms with van der Waals surface area (Å²) in [5.74, 6) is 0.317. The van der Waals surface area contributed by atoms with Crippen molar-refractivity contribution in [3.8, 4) is 0 Å². The summed E-state index contributed by atoms with van der Waals surface area (Å²) >= 11 is 0. The maximum Gasteiger partial charge on any atom is 0.338 e. The molecule has 0 bridgehead atoms. The molecule has 1 aliphatic carbocycles. The van der Waals surface area contributed by atoms with Crippen LogP contribution in [0.4, 0.5) is 5.69 Å². The first-order chi connectivity index (χ1) is 13.4. The van der Waals surface area contributed by atoms with Crippen molar-refractivity contribution < 1.29 is 19.1 Å². The molecule has 28 heavy (non-hydrogen) atoms. The third-order valence-corrected chi connectivity index (χ3v) is 6.18. The average molecular weight is 386 g/mol. The largest absolute Gasteiger partial charge is 0.449 e. The lowest BCUT2D eigenvalue weighted by atomic mass is 9.78. The molecule has 3 rings (SSSR count). The standard InChI is InChI=1S/C22H30N2O4/c1-14-6-4-7-19(15(14)2)23-21(26)16(3)28-22(27)17-9-11-18(12-10-17)24-13-5-8-20(24)25/h9-12,14-16,19H,4-8,13H2,1-3H3,(H,23,26)/t14-,15+,16+,19+/m0/s1. The molecular formula is C22H30N2O4. The number of benzene rings is 1. The summed E-state index contributed by atoms with van der Waals surface area (Å²) in [5.41, 5.74) is 1.15. The number of anilines is 1. The van der Waals surface area contributed by atoms with Crippen LogP contribution in [0.3, 0.4) is 0 Å². The molecule has 6 heteroatoms. The van der Waals surface area contributed by atoms with Gasteiger partial charge in [-0.1, -0.05) is 26.7 Å². The Labute approximate surface area is 166 Å². The van der Waals surface area contributed by atoms with Crippen molar-refractivity contribution >= 4 is 23.5 Å². The Hall–Kier alpha value is -2.37. The Kier molecular flexibility index (Phi) is 6.37. The molecule has 6 nitrogen and oxygen atoms in total. The van der Waals surface area contributed by atoms with E-state index in [4.69, 9.17) is 4.74 Å². The molecule has 1 aromatic rings. The van der Waals surface area contributed by atoms with Crippen LogP contribution in [0.25, 0.3) is 0 Å². The lowest BCUT2D eigenvalue weighted by Gasteiger charge is -2.35. The zero-order valence-corrected chi connectivity index (χ0v) is 16.9. The van der Waals surface area contributed by atoms with Crippen LogP contribution in [0.15, 0.2) is 24.3 Å². The molecule has 1 heterocycles. The zero-order chi connectivity index (χ0) is 20.3. The first-order valence-corrected chi connectivity index (χ1v) is 10.3. The van der Waals surface area contributed by atoms with Crippen molar-refractivity contribution in [1.29, 1.82) is 0 Å². The van der Waals surface area contributed by atoms with Gasteiger partial charge >= 0.3 is 5.97 Å². The second-order valence-electron chi connectivity index (χ2n) is 8.13. The smallest absolute Gasteiger partial charge is 0.338 e. The number of carbonyl (C=O) groups excluding carboxylic acids is 3. The number of esters is 1. The van der Waals surface area contributed by atoms with E-state index in [1.54, 1.807) is 36.1 Å². The summed E-state index contributed by atoms with van der Waals surface area (Å²) in [6.45, 7) is 6.68. The number of rotatable bonds is 5. The van der Waals surface area contributed by atoms with Gasteiger partial charge in [-0.3, -0.25) is 9.59 Å². The van der Waals surface area contributed by atoms with Crippen LogP contribution in [0.5, 0.6) is 0 Å². The highest BCUT2D eigenvalue weighted by molar-refractivity contribution is 5.96. The van der Waals surface area contributed by atoms with Crippen molar-refractivity contribution in [1.82, 2.24) is 5.32 Å². The Bertz CT molecular complexity index is 731. The van der Waals surface area contributed by atoms with Crippen molar-refractivity contribution in [3.63, 3.8) is 0 Å². The summed E-state index contributed by atoms with van der Waals surface area (Å²) in [4.78, 5) is 38.4. The van der Waals surface area contributed by atoms with E-state index in [1.165, 1.54) is 6.42 Å². The van der Waals surface area contributed by atoms with Crippen molar-refractivity contribution in [2.75, 3.05) is 11.4 Å². The SMILES string of the molecule is C[C@@H]1[C@@H](C)CCC[C@H]1NC(=O)[C@@H](C)OC(=O)c1ccc(N2CCCC2=O)cc1. The Balaban J connectivity index is 1.54. The number of carbonyl (C=O) groups is 3. The van der Waals surface area contributed by atoms with Gasteiger partial charge in [-0.25, -0.2) is 4.79 Å². The topological polar surface area (TPSA) is 75.7 Å². The third-order valence-electron chi connectivity index (χ3n) is 6.18. The van der Waals surface area contributed by atoms with Crippen LogP contribution in [-0.2, 0) is 14.3 Å². The second kappa shape index (κ2) is 8.76. The van der Waals surface area contributed by atoms with E-state index in [2.05, 4.69) is 19.2 Å². The predicted molar refractivity (Wildman–Crippen MR) is 107 cm³/mol. The summed E-state index contributed by atoms with van der Waals surface area (Å²) in [6.07, 6.45) is 3.83. The van der Waals surface area contributed by atoms with Crippen molar-refractivity contribution in [2.45, 2.75) is 65.0 Å². The Morgan fingerprint density at radius 1 is 1.14 bits per heavy atom. The molecule has 1 saturated heterocycles. The first kappa shape index (κ1) is 20.4. The van der Waals surface area contributed by atoms with Crippen LogP contribution in [-0.4, -0.2) is 36.5 Å². The molecule has 0 radical (unpaired) electrons. The van der Waals surface area contributed by atoms with Gasteiger partial charge in [-0.05, 0) is 55.9 Å². The minimum Gasteiger partial charge on any atom is -0.449 e. The van der Waals surface area contributed by atoms with Gasteiger partial charge in [0.05, 0.1) is 5.56 Å². The van der Waals surface area contributed by atoms with E-state index >= 15 is 0 Å². The summed E-state index contributed by atoms with van der Waals surface area (Å²) in [7, 11) is 0. The predicted octanol–water partition coefficient (Wildman–Crippen LogP) is 3.30. The minimum absolute atomic E-state index is 0.104. The van der Waals surface area contributed by atoms with Crippen LogP contribution in [0.2, 0.25) is 0 Å². The minimum atomic E-state index is -0.850. The molecule has 1 aliphatic heterocycles. The van der Waals surface area contributed by atoms with Crippen molar-refractivity contribution in [2.24, 2.45) is 11.8 Å². The van der Waals surface area contributed by atoms with Crippen LogP contribution >= 0.6 is 0 Å². The monoisotopic (exact) mass is 386 g/mol. The molecule has 0 aromatic heterocycles. The van der Waals surface area contributed by atoms with Gasteiger partial charge in [-0.15, -0.1) is 0 Å². The lowest BCUT2D eigenvalue weighted by Crippen LogP contribution is -2.47. The molecule has 1 saturated carbocycles. The third kappa shape index (κ3) is 4.54. The maximum atomic E-state index is 12.5. The van der Waals surface area contributed by atoms with E-state index < -0.39 is 12.1 Å². The fraction of sp³-hybridized carbons (Fsp3) is 0.591. The fourth-order valence-corrected chi connectivity index (χ4v) is 4.07. The zero-order valence-electron chi connectivity index (χ0n) is 16.9. The van der Waals surface area contributed by atoms with E-state index in [-0.39, 0.29) is 17.9 Å². The Morgan fingerprint density at radius 3 is 2.50 bits per heavy atom. The van der Waals surface area contributed by atoms with Gasteiger partial charge < -0.3 is 15.0 Å². The molecule has 2 aliphatic rings. The normalized spacial score (nSPS) is 26.0. The van der Waals surface area contributed by atoms with Gasteiger partial charge in [0.25, 0.3) is 5.91 Å². The number of ether oxygens (including phenoxy) is 1. The van der Waals surface area contributed by atoms with Gasteiger partial charge in [-0.2, -0.15) is 0 Å². The molecular weight excluding hydrogens is 356 g/mol. The molecule has 152 valence electrons. The highest BCUT2D eigenvalue weighted by Crippen LogP contribution is 2.29. The molecule has 2 amide bonds. The molecule has 2 fully saturated rings. The highest BCUT2D eigenvalue weighted by atomic mass is 16.5. The number of hydrogen-bond donors (Lipinski definition) is 1. The summed E-state index contributed by atoms with van der Waals surface area (Å²) in [6, 6.07) is 6.90. The second-order valence-corrected chi connectivity index (χ2v) is 8.13. The van der Waals surface area contributed by atoms with Gasteiger partial charge in [0.2, 0.25) is 5.91 Å². The van der Waals surface area contributed by atoms with Crippen molar-refractivity contribution in [3.05, 3.63) is 29.8 Å². The summed E-state index contributed by atoms with van der Waals surface area (Å²) < 4.78 is 5.36. The fourth-order valence-electron chi connectivity index (χ4n) is 4.07. The molecule has 4 atom stereocenters. The van der Waals surface area contributed by atoms with E-state index in [0.717, 1.165) is 24.9 Å². The quantitative estimate of drug-likeness (QED) is 0.788. The summed E-state index contributed by atoms with van der Waals surface area (Å²) in [5, 5.41) is 3.05. The number of amides is 2. The van der Waals surface area contributed by atoms with E-state index in [1.807, 2.05) is 0 Å². The average Bonchev–Trinajstić information content (AvgIpc) is 3.11. The number of nitrogens with one attached hydrogen (secondary N) is 1. The first-order valence-electron chi connectivity index (χ1n) is 10.3.